The van der Waals surface area contributed by atoms with E-state index in [1.165, 1.54) is 4.88 Å². The highest BCUT2D eigenvalue weighted by atomic mass is 79.9. The zero-order valence-electron chi connectivity index (χ0n) is 7.20. The monoisotopic (exact) mass is 256 g/mol. The third kappa shape index (κ3) is 2.00. The van der Waals surface area contributed by atoms with Gasteiger partial charge in [0.25, 0.3) is 0 Å². The molecule has 0 atom stereocenters. The summed E-state index contributed by atoms with van der Waals surface area (Å²) in [7, 11) is 0. The van der Waals surface area contributed by atoms with Gasteiger partial charge in [-0.3, -0.25) is 0 Å². The number of halogens is 1. The van der Waals surface area contributed by atoms with Crippen molar-refractivity contribution in [2.45, 2.75) is 13.5 Å². The minimum atomic E-state index is 0.919. The molecule has 2 aromatic rings. The van der Waals surface area contributed by atoms with Crippen LogP contribution in [0.25, 0.3) is 0 Å². The largest absolute Gasteiger partial charge is 0.330 e. The molecule has 0 unspecified atom stereocenters. The molecule has 0 fully saturated rings. The van der Waals surface area contributed by atoms with Crippen LogP contribution in [-0.4, -0.2) is 9.55 Å². The van der Waals surface area contributed by atoms with Crippen LogP contribution in [0.15, 0.2) is 28.3 Å². The van der Waals surface area contributed by atoms with Crippen LogP contribution < -0.4 is 0 Å². The van der Waals surface area contributed by atoms with E-state index in [2.05, 4.69) is 36.9 Å². The molecule has 13 heavy (non-hydrogen) atoms. The van der Waals surface area contributed by atoms with Gasteiger partial charge in [-0.25, -0.2) is 4.98 Å². The van der Waals surface area contributed by atoms with E-state index in [9.17, 15) is 0 Å². The zero-order chi connectivity index (χ0) is 9.26. The van der Waals surface area contributed by atoms with Crippen molar-refractivity contribution >= 4 is 27.3 Å². The van der Waals surface area contributed by atoms with E-state index in [4.69, 9.17) is 0 Å². The van der Waals surface area contributed by atoms with Crippen LogP contribution in [0.2, 0.25) is 0 Å². The highest BCUT2D eigenvalue weighted by Crippen LogP contribution is 2.20. The van der Waals surface area contributed by atoms with Gasteiger partial charge in [-0.05, 0) is 28.9 Å². The van der Waals surface area contributed by atoms with Crippen molar-refractivity contribution in [1.29, 1.82) is 0 Å². The normalized spacial score (nSPS) is 10.6. The van der Waals surface area contributed by atoms with Crippen LogP contribution in [0, 0.1) is 6.92 Å². The standard InChI is InChI=1S/C9H9BrN2S/c1-7-11-2-3-12(7)5-9-4-8(10)6-13-9/h2-4,6H,5H2,1H3. The van der Waals surface area contributed by atoms with Gasteiger partial charge in [0.2, 0.25) is 0 Å². The Labute approximate surface area is 89.4 Å². The van der Waals surface area contributed by atoms with Crippen LogP contribution in [0.1, 0.15) is 10.7 Å². The number of aromatic nitrogens is 2. The number of imidazole rings is 1. The van der Waals surface area contributed by atoms with Crippen LogP contribution >= 0.6 is 27.3 Å². The van der Waals surface area contributed by atoms with Crippen molar-refractivity contribution in [3.8, 4) is 0 Å². The fourth-order valence-electron chi connectivity index (χ4n) is 1.18. The van der Waals surface area contributed by atoms with E-state index in [0.717, 1.165) is 16.8 Å². The molecule has 0 N–H and O–H groups in total. The van der Waals surface area contributed by atoms with Crippen LogP contribution in [0.5, 0.6) is 0 Å². The Balaban J connectivity index is 2.19. The highest BCUT2D eigenvalue weighted by molar-refractivity contribution is 9.10. The molecular formula is C9H9BrN2S. The van der Waals surface area contributed by atoms with E-state index in [1.807, 2.05) is 19.3 Å². The van der Waals surface area contributed by atoms with E-state index in [-0.39, 0.29) is 0 Å². The summed E-state index contributed by atoms with van der Waals surface area (Å²) >= 11 is 5.20. The molecule has 2 heterocycles. The van der Waals surface area contributed by atoms with Gasteiger partial charge >= 0.3 is 0 Å². The number of aryl methyl sites for hydroxylation is 1. The maximum absolute atomic E-state index is 4.18. The second-order valence-corrected chi connectivity index (χ2v) is 4.75. The molecule has 0 aliphatic rings. The number of hydrogen-bond acceptors (Lipinski definition) is 2. The molecule has 2 aromatic heterocycles. The third-order valence-electron chi connectivity index (χ3n) is 1.87. The second kappa shape index (κ2) is 3.64. The van der Waals surface area contributed by atoms with Crippen LogP contribution in [0.3, 0.4) is 0 Å². The Bertz CT molecular complexity index is 405. The predicted molar refractivity (Wildman–Crippen MR) is 58.1 cm³/mol. The number of rotatable bonds is 2. The van der Waals surface area contributed by atoms with E-state index >= 15 is 0 Å². The minimum Gasteiger partial charge on any atom is -0.330 e. The zero-order valence-corrected chi connectivity index (χ0v) is 9.60. The smallest absolute Gasteiger partial charge is 0.105 e. The predicted octanol–water partition coefficient (Wildman–Crippen LogP) is 3.06. The van der Waals surface area contributed by atoms with Gasteiger partial charge in [0.05, 0.1) is 6.54 Å². The third-order valence-corrected chi connectivity index (χ3v) is 3.55. The molecule has 4 heteroatoms. The lowest BCUT2D eigenvalue weighted by Gasteiger charge is -2.00. The average molecular weight is 257 g/mol. The fourth-order valence-corrected chi connectivity index (χ4v) is 2.62. The SMILES string of the molecule is Cc1nccn1Cc1cc(Br)cs1. The number of nitrogens with zero attached hydrogens (tertiary/aromatic N) is 2. The molecule has 0 saturated heterocycles. The van der Waals surface area contributed by atoms with Gasteiger partial charge in [0.15, 0.2) is 0 Å². The fraction of sp³-hybridized carbons (Fsp3) is 0.222. The molecule has 0 radical (unpaired) electrons. The van der Waals surface area contributed by atoms with Crippen molar-refractivity contribution < 1.29 is 0 Å². The minimum absolute atomic E-state index is 0.919. The van der Waals surface area contributed by atoms with Crippen LogP contribution in [-0.2, 0) is 6.54 Å². The molecule has 0 amide bonds. The summed E-state index contributed by atoms with van der Waals surface area (Å²) in [6.07, 6.45) is 3.83. The van der Waals surface area contributed by atoms with Gasteiger partial charge in [-0.1, -0.05) is 0 Å². The Hall–Kier alpha value is -0.610. The summed E-state index contributed by atoms with van der Waals surface area (Å²) < 4.78 is 3.29. The average Bonchev–Trinajstić information content (AvgIpc) is 2.64. The quantitative estimate of drug-likeness (QED) is 0.808. The molecule has 2 nitrogen and oxygen atoms in total. The Morgan fingerprint density at radius 3 is 3.00 bits per heavy atom. The molecule has 0 aliphatic heterocycles. The highest BCUT2D eigenvalue weighted by Gasteiger charge is 2.00. The molecule has 0 spiro atoms. The number of thiophene rings is 1. The first-order valence-electron chi connectivity index (χ1n) is 3.96. The maximum Gasteiger partial charge on any atom is 0.105 e. The summed E-state index contributed by atoms with van der Waals surface area (Å²) in [6, 6.07) is 2.14. The van der Waals surface area contributed by atoms with Crippen molar-refractivity contribution in [3.63, 3.8) is 0 Å². The summed E-state index contributed by atoms with van der Waals surface area (Å²) in [5.74, 6) is 1.06. The lowest BCUT2D eigenvalue weighted by atomic mass is 10.4. The molecule has 0 aliphatic carbocycles. The molecular weight excluding hydrogens is 248 g/mol. The Morgan fingerprint density at radius 2 is 2.46 bits per heavy atom. The maximum atomic E-state index is 4.18. The second-order valence-electron chi connectivity index (χ2n) is 2.83. The lowest BCUT2D eigenvalue weighted by molar-refractivity contribution is 0.772. The molecule has 0 saturated carbocycles. The van der Waals surface area contributed by atoms with Crippen molar-refractivity contribution in [2.75, 3.05) is 0 Å². The topological polar surface area (TPSA) is 17.8 Å². The first-order valence-corrected chi connectivity index (χ1v) is 5.63. The van der Waals surface area contributed by atoms with Crippen molar-refractivity contribution in [3.05, 3.63) is 39.0 Å². The van der Waals surface area contributed by atoms with Crippen molar-refractivity contribution in [1.82, 2.24) is 9.55 Å². The van der Waals surface area contributed by atoms with Gasteiger partial charge in [-0.2, -0.15) is 0 Å². The molecule has 68 valence electrons. The van der Waals surface area contributed by atoms with E-state index in [0.29, 0.717) is 0 Å². The van der Waals surface area contributed by atoms with Crippen LogP contribution in [0.4, 0.5) is 0 Å². The first-order chi connectivity index (χ1) is 6.25. The Morgan fingerprint density at radius 1 is 1.62 bits per heavy atom. The molecule has 0 bridgehead atoms. The van der Waals surface area contributed by atoms with E-state index < -0.39 is 0 Å². The summed E-state index contributed by atoms with van der Waals surface area (Å²) in [4.78, 5) is 5.52. The molecule has 2 rings (SSSR count). The lowest BCUT2D eigenvalue weighted by Crippen LogP contribution is -1.98. The van der Waals surface area contributed by atoms with Gasteiger partial charge < -0.3 is 4.57 Å². The van der Waals surface area contributed by atoms with Gasteiger partial charge in [0.1, 0.15) is 5.82 Å². The van der Waals surface area contributed by atoms with E-state index in [1.54, 1.807) is 11.3 Å². The van der Waals surface area contributed by atoms with Crippen molar-refractivity contribution in [2.24, 2.45) is 0 Å². The summed E-state index contributed by atoms with van der Waals surface area (Å²) in [6.45, 7) is 2.94. The first kappa shape index (κ1) is 8.97. The Kier molecular flexibility index (Phi) is 2.51. The van der Waals surface area contributed by atoms with Gasteiger partial charge in [-0.15, -0.1) is 11.3 Å². The summed E-state index contributed by atoms with van der Waals surface area (Å²) in [5.41, 5.74) is 0. The van der Waals surface area contributed by atoms with Gasteiger partial charge in [0, 0.05) is 27.1 Å². The molecule has 0 aromatic carbocycles. The summed E-state index contributed by atoms with van der Waals surface area (Å²) in [5, 5.41) is 2.10. The number of hydrogen-bond donors (Lipinski definition) is 0.